The second-order valence-electron chi connectivity index (χ2n) is 5.07. The van der Waals surface area contributed by atoms with Crippen molar-refractivity contribution < 1.29 is 13.9 Å². The standard InChI is InChI=1S/C12H17F2NO/c1-12(2,3)7-15-6-8-4-9(13)11(16)10(14)5-8/h4-5,15-16H,6-7H2,1-3H3. The van der Waals surface area contributed by atoms with Gasteiger partial charge in [0, 0.05) is 13.1 Å². The normalized spacial score (nSPS) is 11.8. The number of nitrogens with one attached hydrogen (secondary N) is 1. The predicted molar refractivity (Wildman–Crippen MR) is 59.2 cm³/mol. The summed E-state index contributed by atoms with van der Waals surface area (Å²) in [6, 6.07) is 2.27. The molecule has 0 saturated carbocycles. The Kier molecular flexibility index (Phi) is 3.86. The average Bonchev–Trinajstić information content (AvgIpc) is 2.12. The Morgan fingerprint density at radius 3 is 2.12 bits per heavy atom. The maximum atomic E-state index is 13.0. The minimum atomic E-state index is -0.924. The lowest BCUT2D eigenvalue weighted by molar-refractivity contribution is 0.376. The molecule has 0 aliphatic heterocycles. The van der Waals surface area contributed by atoms with E-state index in [-0.39, 0.29) is 5.41 Å². The molecule has 0 unspecified atom stereocenters. The van der Waals surface area contributed by atoms with Gasteiger partial charge in [-0.25, -0.2) is 8.78 Å². The third-order valence-electron chi connectivity index (χ3n) is 2.06. The van der Waals surface area contributed by atoms with Gasteiger partial charge in [0.2, 0.25) is 0 Å². The summed E-state index contributed by atoms with van der Waals surface area (Å²) in [5.74, 6) is -2.76. The maximum absolute atomic E-state index is 13.0. The monoisotopic (exact) mass is 229 g/mol. The second kappa shape index (κ2) is 4.78. The Hall–Kier alpha value is -1.16. The fourth-order valence-electron chi connectivity index (χ4n) is 1.30. The fourth-order valence-corrected chi connectivity index (χ4v) is 1.30. The highest BCUT2D eigenvalue weighted by molar-refractivity contribution is 5.29. The number of hydrogen-bond donors (Lipinski definition) is 2. The van der Waals surface area contributed by atoms with E-state index >= 15 is 0 Å². The lowest BCUT2D eigenvalue weighted by Crippen LogP contribution is -2.26. The molecule has 0 aliphatic carbocycles. The van der Waals surface area contributed by atoms with Crippen molar-refractivity contribution in [2.24, 2.45) is 5.41 Å². The van der Waals surface area contributed by atoms with Crippen LogP contribution in [0, 0.1) is 17.0 Å². The summed E-state index contributed by atoms with van der Waals surface area (Å²) < 4.78 is 26.0. The average molecular weight is 229 g/mol. The fraction of sp³-hybridized carbons (Fsp3) is 0.500. The maximum Gasteiger partial charge on any atom is 0.187 e. The summed E-state index contributed by atoms with van der Waals surface area (Å²) in [6.45, 7) is 7.33. The van der Waals surface area contributed by atoms with E-state index < -0.39 is 17.4 Å². The molecular weight excluding hydrogens is 212 g/mol. The van der Waals surface area contributed by atoms with E-state index in [1.54, 1.807) is 0 Å². The molecule has 0 aliphatic rings. The van der Waals surface area contributed by atoms with Gasteiger partial charge in [-0.2, -0.15) is 0 Å². The smallest absolute Gasteiger partial charge is 0.187 e. The van der Waals surface area contributed by atoms with E-state index in [2.05, 4.69) is 26.1 Å². The third-order valence-corrected chi connectivity index (χ3v) is 2.06. The van der Waals surface area contributed by atoms with E-state index in [0.717, 1.165) is 18.7 Å². The Labute approximate surface area is 94.3 Å². The zero-order valence-corrected chi connectivity index (χ0v) is 9.77. The predicted octanol–water partition coefficient (Wildman–Crippen LogP) is 2.81. The number of hydrogen-bond acceptors (Lipinski definition) is 2. The number of halogens is 2. The van der Waals surface area contributed by atoms with E-state index in [4.69, 9.17) is 5.11 Å². The highest BCUT2D eigenvalue weighted by Gasteiger charge is 2.11. The molecule has 90 valence electrons. The molecule has 0 fully saturated rings. The van der Waals surface area contributed by atoms with Crippen LogP contribution in [0.1, 0.15) is 26.3 Å². The summed E-state index contributed by atoms with van der Waals surface area (Å²) in [7, 11) is 0. The molecule has 0 aromatic heterocycles. The van der Waals surface area contributed by atoms with Crippen molar-refractivity contribution in [3.05, 3.63) is 29.3 Å². The van der Waals surface area contributed by atoms with Gasteiger partial charge in [-0.1, -0.05) is 20.8 Å². The van der Waals surface area contributed by atoms with Crippen LogP contribution in [-0.2, 0) is 6.54 Å². The van der Waals surface area contributed by atoms with E-state index in [9.17, 15) is 8.78 Å². The van der Waals surface area contributed by atoms with Gasteiger partial charge in [0.05, 0.1) is 0 Å². The number of aromatic hydroxyl groups is 1. The van der Waals surface area contributed by atoms with E-state index in [1.165, 1.54) is 0 Å². The quantitative estimate of drug-likeness (QED) is 0.835. The molecular formula is C12H17F2NO. The number of phenols is 1. The van der Waals surface area contributed by atoms with E-state index in [1.807, 2.05) is 0 Å². The first-order valence-corrected chi connectivity index (χ1v) is 5.17. The topological polar surface area (TPSA) is 32.3 Å². The van der Waals surface area contributed by atoms with Crippen molar-refractivity contribution in [2.45, 2.75) is 27.3 Å². The van der Waals surface area contributed by atoms with Crippen LogP contribution in [0.4, 0.5) is 8.78 Å². The second-order valence-corrected chi connectivity index (χ2v) is 5.07. The molecule has 1 aromatic rings. The van der Waals surface area contributed by atoms with Crippen LogP contribution >= 0.6 is 0 Å². The van der Waals surface area contributed by atoms with Crippen LogP contribution < -0.4 is 5.32 Å². The first-order chi connectivity index (χ1) is 7.29. The first kappa shape index (κ1) is 12.9. The third kappa shape index (κ3) is 3.77. The lowest BCUT2D eigenvalue weighted by Gasteiger charge is -2.18. The van der Waals surface area contributed by atoms with Crippen LogP contribution in [0.5, 0.6) is 5.75 Å². The Morgan fingerprint density at radius 1 is 1.19 bits per heavy atom. The van der Waals surface area contributed by atoms with Crippen LogP contribution in [0.2, 0.25) is 0 Å². The molecule has 4 heteroatoms. The van der Waals surface area contributed by atoms with Gasteiger partial charge in [0.25, 0.3) is 0 Å². The van der Waals surface area contributed by atoms with Gasteiger partial charge < -0.3 is 10.4 Å². The molecule has 0 radical (unpaired) electrons. The van der Waals surface area contributed by atoms with Crippen molar-refractivity contribution in [1.82, 2.24) is 5.32 Å². The molecule has 0 saturated heterocycles. The molecule has 0 atom stereocenters. The van der Waals surface area contributed by atoms with Crippen molar-refractivity contribution in [1.29, 1.82) is 0 Å². The highest BCUT2D eigenvalue weighted by Crippen LogP contribution is 2.21. The summed E-state index contributed by atoms with van der Waals surface area (Å²) in [5, 5.41) is 12.0. The SMILES string of the molecule is CC(C)(C)CNCc1cc(F)c(O)c(F)c1. The Morgan fingerprint density at radius 2 is 1.69 bits per heavy atom. The summed E-state index contributed by atoms with van der Waals surface area (Å²) in [5.41, 5.74) is 0.602. The van der Waals surface area contributed by atoms with Gasteiger partial charge in [-0.15, -0.1) is 0 Å². The van der Waals surface area contributed by atoms with Crippen molar-refractivity contribution in [2.75, 3.05) is 6.54 Å². The molecule has 2 N–H and O–H groups in total. The minimum absolute atomic E-state index is 0.119. The van der Waals surface area contributed by atoms with Crippen molar-refractivity contribution >= 4 is 0 Å². The van der Waals surface area contributed by atoms with Gasteiger partial charge >= 0.3 is 0 Å². The highest BCUT2D eigenvalue weighted by atomic mass is 19.1. The molecule has 0 amide bonds. The van der Waals surface area contributed by atoms with Crippen molar-refractivity contribution in [3.63, 3.8) is 0 Å². The van der Waals surface area contributed by atoms with E-state index in [0.29, 0.717) is 12.1 Å². The van der Waals surface area contributed by atoms with Gasteiger partial charge in [-0.3, -0.25) is 0 Å². The molecule has 16 heavy (non-hydrogen) atoms. The van der Waals surface area contributed by atoms with Crippen LogP contribution in [-0.4, -0.2) is 11.7 Å². The largest absolute Gasteiger partial charge is 0.503 e. The zero-order chi connectivity index (χ0) is 12.3. The number of phenolic OH excluding ortho intramolecular Hbond substituents is 1. The van der Waals surface area contributed by atoms with Crippen molar-refractivity contribution in [3.8, 4) is 5.75 Å². The minimum Gasteiger partial charge on any atom is -0.503 e. The first-order valence-electron chi connectivity index (χ1n) is 5.17. The number of benzene rings is 1. The van der Waals surface area contributed by atoms with Crippen LogP contribution in [0.3, 0.4) is 0 Å². The van der Waals surface area contributed by atoms with Crippen LogP contribution in [0.25, 0.3) is 0 Å². The molecule has 0 spiro atoms. The Bertz CT molecular complexity index is 349. The summed E-state index contributed by atoms with van der Waals surface area (Å²) in [4.78, 5) is 0. The van der Waals surface area contributed by atoms with Gasteiger partial charge in [0.1, 0.15) is 0 Å². The molecule has 2 nitrogen and oxygen atoms in total. The molecule has 0 heterocycles. The van der Waals surface area contributed by atoms with Gasteiger partial charge in [-0.05, 0) is 23.1 Å². The molecule has 1 aromatic carbocycles. The lowest BCUT2D eigenvalue weighted by atomic mass is 9.97. The molecule has 1 rings (SSSR count). The van der Waals surface area contributed by atoms with Gasteiger partial charge in [0.15, 0.2) is 17.4 Å². The molecule has 0 bridgehead atoms. The zero-order valence-electron chi connectivity index (χ0n) is 9.77. The number of rotatable bonds is 3. The summed E-state index contributed by atoms with van der Waals surface area (Å²) >= 11 is 0. The summed E-state index contributed by atoms with van der Waals surface area (Å²) in [6.07, 6.45) is 0. The Balaban J connectivity index is 2.62. The van der Waals surface area contributed by atoms with Crippen LogP contribution in [0.15, 0.2) is 12.1 Å².